The Bertz CT molecular complexity index is 697. The Morgan fingerprint density at radius 2 is 1.88 bits per heavy atom. The largest absolute Gasteiger partial charge is 0.368 e. The van der Waals surface area contributed by atoms with Crippen molar-refractivity contribution < 1.29 is 9.64 Å². The summed E-state index contributed by atoms with van der Waals surface area (Å²) >= 11 is 0. The number of aromatic nitrogens is 3. The average molecular weight is 329 g/mol. The summed E-state index contributed by atoms with van der Waals surface area (Å²) in [5.74, 6) is 1.43. The first-order chi connectivity index (χ1) is 11.5. The molecule has 24 heavy (non-hydrogen) atoms. The van der Waals surface area contributed by atoms with E-state index in [1.165, 1.54) is 4.90 Å². The van der Waals surface area contributed by atoms with Gasteiger partial charge in [-0.15, -0.1) is 0 Å². The van der Waals surface area contributed by atoms with Crippen LogP contribution in [0, 0.1) is 6.92 Å². The second kappa shape index (κ2) is 7.11. The number of rotatable bonds is 4. The fraction of sp³-hybridized carbons (Fsp3) is 0.471. The van der Waals surface area contributed by atoms with Crippen molar-refractivity contribution in [3.63, 3.8) is 0 Å². The molecule has 0 saturated carbocycles. The monoisotopic (exact) mass is 329 g/mol. The standard InChI is InChI=1S/C17H24N6O/c1-11-6-4-5-7-14(11)19-17-21-15(20-16(18)22-17)10-23-8-12(2)24-13(3)9-23/h4-7,12-13H,8-10H2,1-3H3,(H3,18,19,20,21,22)/p+1/t12-,13-/m1/s1. The van der Waals surface area contributed by atoms with Crippen molar-refractivity contribution in [3.8, 4) is 0 Å². The molecule has 1 aliphatic heterocycles. The minimum Gasteiger partial charge on any atom is -0.368 e. The highest BCUT2D eigenvalue weighted by molar-refractivity contribution is 5.58. The third-order valence-electron chi connectivity index (χ3n) is 4.12. The Morgan fingerprint density at radius 3 is 2.58 bits per heavy atom. The predicted molar refractivity (Wildman–Crippen MR) is 93.1 cm³/mol. The molecule has 2 aromatic rings. The molecule has 128 valence electrons. The van der Waals surface area contributed by atoms with E-state index in [0.717, 1.165) is 24.3 Å². The van der Waals surface area contributed by atoms with E-state index in [4.69, 9.17) is 10.5 Å². The number of hydrogen-bond acceptors (Lipinski definition) is 6. The van der Waals surface area contributed by atoms with Gasteiger partial charge in [0, 0.05) is 5.69 Å². The van der Waals surface area contributed by atoms with E-state index in [1.54, 1.807) is 0 Å². The molecule has 0 aliphatic carbocycles. The van der Waals surface area contributed by atoms with Gasteiger partial charge in [-0.2, -0.15) is 15.0 Å². The van der Waals surface area contributed by atoms with Crippen LogP contribution in [0.5, 0.6) is 0 Å². The van der Waals surface area contributed by atoms with Crippen molar-refractivity contribution in [2.75, 3.05) is 24.1 Å². The van der Waals surface area contributed by atoms with Gasteiger partial charge in [0.15, 0.2) is 5.82 Å². The number of ether oxygens (including phenoxy) is 1. The van der Waals surface area contributed by atoms with Crippen LogP contribution in [0.4, 0.5) is 17.6 Å². The van der Waals surface area contributed by atoms with E-state index in [2.05, 4.69) is 34.1 Å². The predicted octanol–water partition coefficient (Wildman–Crippen LogP) is 0.698. The number of para-hydroxylation sites is 1. The van der Waals surface area contributed by atoms with Crippen LogP contribution >= 0.6 is 0 Å². The molecule has 0 radical (unpaired) electrons. The Kier molecular flexibility index (Phi) is 4.92. The first-order valence-electron chi connectivity index (χ1n) is 8.31. The number of hydrogen-bond donors (Lipinski definition) is 3. The van der Waals surface area contributed by atoms with E-state index >= 15 is 0 Å². The SMILES string of the molecule is Cc1ccccc1Nc1nc(N)nc(C[NH+]2C[C@@H](C)O[C@H](C)C2)n1. The molecule has 1 aromatic carbocycles. The number of anilines is 3. The van der Waals surface area contributed by atoms with Crippen molar-refractivity contribution in [3.05, 3.63) is 35.7 Å². The highest BCUT2D eigenvalue weighted by atomic mass is 16.5. The number of aryl methyl sites for hydroxylation is 1. The molecule has 0 unspecified atom stereocenters. The molecule has 1 saturated heterocycles. The maximum atomic E-state index is 5.87. The van der Waals surface area contributed by atoms with Crippen molar-refractivity contribution in [1.82, 2.24) is 15.0 Å². The van der Waals surface area contributed by atoms with E-state index in [9.17, 15) is 0 Å². The summed E-state index contributed by atoms with van der Waals surface area (Å²) in [6.07, 6.45) is 0.486. The molecule has 1 fully saturated rings. The Hall–Kier alpha value is -2.25. The summed E-state index contributed by atoms with van der Waals surface area (Å²) in [6.45, 7) is 8.83. The molecule has 0 bridgehead atoms. The minimum atomic E-state index is 0.241. The molecule has 7 nitrogen and oxygen atoms in total. The lowest BCUT2D eigenvalue weighted by Gasteiger charge is -2.31. The molecular weight excluding hydrogens is 304 g/mol. The minimum absolute atomic E-state index is 0.241. The molecule has 1 aromatic heterocycles. The Balaban J connectivity index is 1.75. The summed E-state index contributed by atoms with van der Waals surface area (Å²) in [5.41, 5.74) is 7.97. The van der Waals surface area contributed by atoms with Gasteiger partial charge in [0.05, 0.1) is 0 Å². The van der Waals surface area contributed by atoms with Gasteiger partial charge in [0.2, 0.25) is 11.9 Å². The van der Waals surface area contributed by atoms with Crippen molar-refractivity contribution in [1.29, 1.82) is 0 Å². The highest BCUT2D eigenvalue weighted by Gasteiger charge is 2.26. The van der Waals surface area contributed by atoms with Crippen LogP contribution in [-0.4, -0.2) is 40.2 Å². The summed E-state index contributed by atoms with van der Waals surface area (Å²) in [5, 5.41) is 3.23. The Morgan fingerprint density at radius 1 is 1.17 bits per heavy atom. The Labute approximate surface area is 142 Å². The molecule has 2 atom stereocenters. The van der Waals surface area contributed by atoms with E-state index < -0.39 is 0 Å². The average Bonchev–Trinajstić information content (AvgIpc) is 2.48. The smallest absolute Gasteiger partial charge is 0.232 e. The third kappa shape index (κ3) is 4.18. The number of morpholine rings is 1. The van der Waals surface area contributed by atoms with Crippen LogP contribution in [0.3, 0.4) is 0 Å². The molecular formula is C17H25N6O+. The maximum Gasteiger partial charge on any atom is 0.232 e. The number of quaternary nitrogens is 1. The molecule has 4 N–H and O–H groups in total. The zero-order chi connectivity index (χ0) is 17.1. The fourth-order valence-electron chi connectivity index (χ4n) is 3.16. The fourth-order valence-corrected chi connectivity index (χ4v) is 3.16. The summed E-state index contributed by atoms with van der Waals surface area (Å²) < 4.78 is 5.78. The zero-order valence-corrected chi connectivity index (χ0v) is 14.4. The van der Waals surface area contributed by atoms with Crippen molar-refractivity contribution >= 4 is 17.6 Å². The second-order valence-electron chi connectivity index (χ2n) is 6.47. The van der Waals surface area contributed by atoms with Crippen molar-refractivity contribution in [2.24, 2.45) is 0 Å². The van der Waals surface area contributed by atoms with E-state index in [-0.39, 0.29) is 18.2 Å². The topological polar surface area (TPSA) is 90.4 Å². The first kappa shape index (κ1) is 16.6. The van der Waals surface area contributed by atoms with Crippen LogP contribution in [-0.2, 0) is 11.3 Å². The van der Waals surface area contributed by atoms with Crippen LogP contribution in [0.2, 0.25) is 0 Å². The van der Waals surface area contributed by atoms with Crippen LogP contribution in [0.25, 0.3) is 0 Å². The number of nitrogen functional groups attached to an aromatic ring is 1. The number of nitrogens with two attached hydrogens (primary N) is 1. The second-order valence-corrected chi connectivity index (χ2v) is 6.47. The lowest BCUT2D eigenvalue weighted by Crippen LogP contribution is -3.14. The normalized spacial score (nSPS) is 23.9. The van der Waals surface area contributed by atoms with E-state index in [0.29, 0.717) is 18.3 Å². The van der Waals surface area contributed by atoms with Gasteiger partial charge in [-0.3, -0.25) is 0 Å². The van der Waals surface area contributed by atoms with Crippen LogP contribution in [0.1, 0.15) is 25.2 Å². The van der Waals surface area contributed by atoms with Crippen LogP contribution < -0.4 is 16.0 Å². The number of nitrogens with one attached hydrogen (secondary N) is 2. The van der Waals surface area contributed by atoms with E-state index in [1.807, 2.05) is 31.2 Å². The molecule has 3 rings (SSSR count). The summed E-state index contributed by atoms with van der Waals surface area (Å²) in [7, 11) is 0. The lowest BCUT2D eigenvalue weighted by atomic mass is 10.2. The van der Waals surface area contributed by atoms with Gasteiger partial charge in [-0.05, 0) is 32.4 Å². The lowest BCUT2D eigenvalue weighted by molar-refractivity contribution is -0.928. The molecule has 2 heterocycles. The maximum absolute atomic E-state index is 5.87. The van der Waals surface area contributed by atoms with Gasteiger partial charge in [0.25, 0.3) is 0 Å². The molecule has 0 amide bonds. The number of benzene rings is 1. The van der Waals surface area contributed by atoms with Crippen molar-refractivity contribution in [2.45, 2.75) is 39.5 Å². The zero-order valence-electron chi connectivity index (χ0n) is 14.4. The van der Waals surface area contributed by atoms with Gasteiger partial charge in [0.1, 0.15) is 31.8 Å². The van der Waals surface area contributed by atoms with Gasteiger partial charge in [-0.25, -0.2) is 0 Å². The summed E-state index contributed by atoms with van der Waals surface area (Å²) in [4.78, 5) is 14.4. The quantitative estimate of drug-likeness (QED) is 0.765. The van der Waals surface area contributed by atoms with Crippen LogP contribution in [0.15, 0.2) is 24.3 Å². The number of nitrogens with zero attached hydrogens (tertiary/aromatic N) is 3. The van der Waals surface area contributed by atoms with Gasteiger partial charge >= 0.3 is 0 Å². The summed E-state index contributed by atoms with van der Waals surface area (Å²) in [6, 6.07) is 8.00. The molecule has 1 aliphatic rings. The van der Waals surface area contributed by atoms with Gasteiger partial charge in [-0.1, -0.05) is 18.2 Å². The third-order valence-corrected chi connectivity index (χ3v) is 4.12. The molecule has 0 spiro atoms. The van der Waals surface area contributed by atoms with Gasteiger partial charge < -0.3 is 20.7 Å². The first-order valence-corrected chi connectivity index (χ1v) is 8.31. The molecule has 7 heteroatoms. The highest BCUT2D eigenvalue weighted by Crippen LogP contribution is 2.17.